The molecule has 0 unspecified atom stereocenters. The van der Waals surface area contributed by atoms with E-state index in [-0.39, 0.29) is 11.5 Å². The molecule has 1 fully saturated rings. The number of carbonyl (C=O) groups is 1. The smallest absolute Gasteiger partial charge is 0.176 e. The Bertz CT molecular complexity index is 428. The molecule has 0 amide bonds. The van der Waals surface area contributed by atoms with Crippen molar-refractivity contribution in [3.05, 3.63) is 29.6 Å². The first-order chi connectivity index (χ1) is 8.66. The second-order valence-electron chi connectivity index (χ2n) is 4.88. The van der Waals surface area contributed by atoms with Gasteiger partial charge in [0, 0.05) is 11.6 Å². The summed E-state index contributed by atoms with van der Waals surface area (Å²) in [5.41, 5.74) is 5.95. The molecule has 0 aliphatic heterocycles. The molecule has 1 aliphatic carbocycles. The Morgan fingerprint density at radius 3 is 2.72 bits per heavy atom. The van der Waals surface area contributed by atoms with Gasteiger partial charge >= 0.3 is 0 Å². The number of anilines is 1. The van der Waals surface area contributed by atoms with E-state index in [1.54, 1.807) is 0 Å². The van der Waals surface area contributed by atoms with Crippen LogP contribution in [0, 0.1) is 5.82 Å². The van der Waals surface area contributed by atoms with E-state index in [2.05, 4.69) is 5.32 Å². The Morgan fingerprint density at radius 2 is 2.06 bits per heavy atom. The fourth-order valence-corrected chi connectivity index (χ4v) is 2.36. The Labute approximate surface area is 107 Å². The highest BCUT2D eigenvalue weighted by Gasteiger charge is 2.15. The van der Waals surface area contributed by atoms with Crippen molar-refractivity contribution in [2.24, 2.45) is 0 Å². The van der Waals surface area contributed by atoms with E-state index in [0.29, 0.717) is 18.2 Å². The first kappa shape index (κ1) is 13.0. The zero-order valence-electron chi connectivity index (χ0n) is 10.4. The summed E-state index contributed by atoms with van der Waals surface area (Å²) in [7, 11) is 0. The molecule has 4 heteroatoms. The number of carbonyl (C=O) groups excluding carboxylic acids is 1. The summed E-state index contributed by atoms with van der Waals surface area (Å²) >= 11 is 0. The Hall–Kier alpha value is -1.42. The van der Waals surface area contributed by atoms with Crippen LogP contribution in [-0.4, -0.2) is 18.4 Å². The van der Waals surface area contributed by atoms with Crippen molar-refractivity contribution in [3.8, 4) is 0 Å². The molecule has 1 saturated carbocycles. The van der Waals surface area contributed by atoms with Crippen LogP contribution >= 0.6 is 0 Å². The minimum absolute atomic E-state index is 0.0264. The molecular weight excluding hydrogens is 231 g/mol. The van der Waals surface area contributed by atoms with E-state index < -0.39 is 5.82 Å². The molecule has 0 spiro atoms. The fourth-order valence-electron chi connectivity index (χ4n) is 2.36. The van der Waals surface area contributed by atoms with Gasteiger partial charge in [0.25, 0.3) is 0 Å². The monoisotopic (exact) mass is 250 g/mol. The van der Waals surface area contributed by atoms with Crippen molar-refractivity contribution >= 4 is 11.5 Å². The molecule has 3 nitrogen and oxygen atoms in total. The second-order valence-corrected chi connectivity index (χ2v) is 4.88. The van der Waals surface area contributed by atoms with Crippen LogP contribution < -0.4 is 11.1 Å². The highest BCUT2D eigenvalue weighted by molar-refractivity contribution is 5.98. The second kappa shape index (κ2) is 5.96. The van der Waals surface area contributed by atoms with Gasteiger partial charge in [-0.05, 0) is 31.0 Å². The molecule has 98 valence electrons. The van der Waals surface area contributed by atoms with E-state index in [9.17, 15) is 9.18 Å². The number of hydrogen-bond donors (Lipinski definition) is 2. The van der Waals surface area contributed by atoms with Crippen LogP contribution in [0.15, 0.2) is 18.2 Å². The summed E-state index contributed by atoms with van der Waals surface area (Å²) in [6, 6.07) is 4.57. The lowest BCUT2D eigenvalue weighted by atomic mass is 9.95. The Kier molecular flexibility index (Phi) is 4.31. The van der Waals surface area contributed by atoms with E-state index >= 15 is 0 Å². The molecule has 1 aromatic rings. The zero-order chi connectivity index (χ0) is 13.0. The predicted octanol–water partition coefficient (Wildman–Crippen LogP) is 2.51. The standard InChI is InChI=1S/C14H19FN2O/c15-12-7-6-10(8-13(12)16)14(18)9-17-11-4-2-1-3-5-11/h6-8,11,17H,1-5,9,16H2. The van der Waals surface area contributed by atoms with Crippen LogP contribution in [0.3, 0.4) is 0 Å². The van der Waals surface area contributed by atoms with Crippen molar-refractivity contribution in [1.29, 1.82) is 0 Å². The number of Topliss-reactive ketones (excluding diaryl/α,β-unsaturated/α-hetero) is 1. The van der Waals surface area contributed by atoms with Gasteiger partial charge in [0.2, 0.25) is 0 Å². The molecule has 3 N–H and O–H groups in total. The lowest BCUT2D eigenvalue weighted by Crippen LogP contribution is -2.35. The summed E-state index contributed by atoms with van der Waals surface area (Å²) in [4.78, 5) is 11.9. The number of nitrogen functional groups attached to an aromatic ring is 1. The third-order valence-electron chi connectivity index (χ3n) is 3.47. The highest BCUT2D eigenvalue weighted by Crippen LogP contribution is 2.17. The first-order valence-corrected chi connectivity index (χ1v) is 6.48. The summed E-state index contributed by atoms with van der Waals surface area (Å²) in [5.74, 6) is -0.515. The van der Waals surface area contributed by atoms with Crippen molar-refractivity contribution in [2.45, 2.75) is 38.1 Å². The van der Waals surface area contributed by atoms with E-state index in [1.165, 1.54) is 37.5 Å². The van der Waals surface area contributed by atoms with Crippen LogP contribution in [-0.2, 0) is 0 Å². The maximum atomic E-state index is 13.0. The third kappa shape index (κ3) is 3.29. The van der Waals surface area contributed by atoms with Gasteiger partial charge < -0.3 is 11.1 Å². The average Bonchev–Trinajstić information content (AvgIpc) is 2.40. The quantitative estimate of drug-likeness (QED) is 0.637. The largest absolute Gasteiger partial charge is 0.396 e. The molecule has 0 bridgehead atoms. The maximum absolute atomic E-state index is 13.0. The van der Waals surface area contributed by atoms with E-state index in [0.717, 1.165) is 12.8 Å². The summed E-state index contributed by atoms with van der Waals surface area (Å²) < 4.78 is 13.0. The van der Waals surface area contributed by atoms with Crippen molar-refractivity contribution in [1.82, 2.24) is 5.32 Å². The summed E-state index contributed by atoms with van der Waals surface area (Å²) in [6.45, 7) is 0.301. The van der Waals surface area contributed by atoms with Gasteiger partial charge in [-0.2, -0.15) is 0 Å². The van der Waals surface area contributed by atoms with Crippen molar-refractivity contribution < 1.29 is 9.18 Å². The summed E-state index contributed by atoms with van der Waals surface area (Å²) in [5, 5.41) is 3.27. The Morgan fingerprint density at radius 1 is 1.33 bits per heavy atom. The molecule has 0 saturated heterocycles. The first-order valence-electron chi connectivity index (χ1n) is 6.48. The number of ketones is 1. The predicted molar refractivity (Wildman–Crippen MR) is 70.0 cm³/mol. The van der Waals surface area contributed by atoms with Gasteiger partial charge in [-0.15, -0.1) is 0 Å². The lowest BCUT2D eigenvalue weighted by Gasteiger charge is -2.22. The summed E-state index contributed by atoms with van der Waals surface area (Å²) in [6.07, 6.45) is 6.03. The van der Waals surface area contributed by atoms with Gasteiger partial charge in [0.05, 0.1) is 12.2 Å². The van der Waals surface area contributed by atoms with Crippen LogP contribution in [0.4, 0.5) is 10.1 Å². The minimum atomic E-state index is -0.480. The van der Waals surface area contributed by atoms with Crippen LogP contribution in [0.1, 0.15) is 42.5 Å². The minimum Gasteiger partial charge on any atom is -0.396 e. The number of benzene rings is 1. The zero-order valence-corrected chi connectivity index (χ0v) is 10.4. The number of nitrogens with one attached hydrogen (secondary N) is 1. The van der Waals surface area contributed by atoms with E-state index in [4.69, 9.17) is 5.73 Å². The molecule has 0 heterocycles. The van der Waals surface area contributed by atoms with Crippen LogP contribution in [0.5, 0.6) is 0 Å². The molecule has 1 aliphatic rings. The van der Waals surface area contributed by atoms with Crippen molar-refractivity contribution in [3.63, 3.8) is 0 Å². The van der Waals surface area contributed by atoms with Gasteiger partial charge in [0.15, 0.2) is 5.78 Å². The molecule has 1 aromatic carbocycles. The average molecular weight is 250 g/mol. The van der Waals surface area contributed by atoms with Crippen molar-refractivity contribution in [2.75, 3.05) is 12.3 Å². The molecule has 0 atom stereocenters. The molecular formula is C14H19FN2O. The maximum Gasteiger partial charge on any atom is 0.176 e. The third-order valence-corrected chi connectivity index (χ3v) is 3.47. The van der Waals surface area contributed by atoms with Gasteiger partial charge in [-0.25, -0.2) is 4.39 Å². The van der Waals surface area contributed by atoms with Crippen LogP contribution in [0.25, 0.3) is 0 Å². The number of halogens is 1. The lowest BCUT2D eigenvalue weighted by molar-refractivity contribution is 0.0984. The molecule has 18 heavy (non-hydrogen) atoms. The number of nitrogens with two attached hydrogens (primary N) is 1. The number of hydrogen-bond acceptors (Lipinski definition) is 3. The molecule has 0 radical (unpaired) electrons. The fraction of sp³-hybridized carbons (Fsp3) is 0.500. The van der Waals surface area contributed by atoms with Gasteiger partial charge in [0.1, 0.15) is 5.82 Å². The topological polar surface area (TPSA) is 55.1 Å². The molecule has 0 aromatic heterocycles. The Balaban J connectivity index is 1.88. The molecule has 2 rings (SSSR count). The van der Waals surface area contributed by atoms with Crippen LogP contribution in [0.2, 0.25) is 0 Å². The normalized spacial score (nSPS) is 16.7. The van der Waals surface area contributed by atoms with Gasteiger partial charge in [-0.3, -0.25) is 4.79 Å². The SMILES string of the molecule is Nc1cc(C(=O)CNC2CCCCC2)ccc1F. The van der Waals surface area contributed by atoms with E-state index in [1.807, 2.05) is 0 Å². The highest BCUT2D eigenvalue weighted by atomic mass is 19.1. The van der Waals surface area contributed by atoms with Gasteiger partial charge in [-0.1, -0.05) is 19.3 Å². The number of rotatable bonds is 4.